The Hall–Kier alpha value is -2.45. The van der Waals surface area contributed by atoms with Gasteiger partial charge >= 0.3 is 0 Å². The van der Waals surface area contributed by atoms with E-state index in [0.29, 0.717) is 16.2 Å². The highest BCUT2D eigenvalue weighted by Gasteiger charge is 2.09. The Morgan fingerprint density at radius 3 is 2.19 bits per heavy atom. The second-order valence-electron chi connectivity index (χ2n) is 4.32. The Morgan fingerprint density at radius 1 is 1.10 bits per heavy atom. The van der Waals surface area contributed by atoms with Crippen LogP contribution in [-0.2, 0) is 10.1 Å². The minimum absolute atomic E-state index is 0.231. The highest BCUT2D eigenvalue weighted by Crippen LogP contribution is 2.15. The van der Waals surface area contributed by atoms with Gasteiger partial charge in [0, 0.05) is 0 Å². The smallest absolute Gasteiger partial charge is 0.294 e. The maximum absolute atomic E-state index is 11.7. The quantitative estimate of drug-likeness (QED) is 0.391. The number of rotatable bonds is 4. The van der Waals surface area contributed by atoms with Crippen LogP contribution >= 0.6 is 0 Å². The fourth-order valence-electron chi connectivity index (χ4n) is 1.53. The molecule has 0 atom stereocenters. The van der Waals surface area contributed by atoms with Gasteiger partial charge in [-0.1, -0.05) is 17.7 Å². The summed E-state index contributed by atoms with van der Waals surface area (Å²) in [5.74, 6) is 0. The highest BCUT2D eigenvalue weighted by atomic mass is 32.2. The molecule has 21 heavy (non-hydrogen) atoms. The summed E-state index contributed by atoms with van der Waals surface area (Å²) < 4.78 is 30.6. The van der Waals surface area contributed by atoms with Crippen molar-refractivity contribution in [3.63, 3.8) is 0 Å². The molecule has 7 nitrogen and oxygen atoms in total. The van der Waals surface area contributed by atoms with Gasteiger partial charge in [0.1, 0.15) is 5.69 Å². The number of aryl methyl sites for hydroxylation is 1. The van der Waals surface area contributed by atoms with Crippen LogP contribution in [0.2, 0.25) is 0 Å². The number of benzene rings is 2. The van der Waals surface area contributed by atoms with E-state index < -0.39 is 10.1 Å². The van der Waals surface area contributed by atoms with Crippen molar-refractivity contribution >= 4 is 21.5 Å². The fraction of sp³-hybridized carbons (Fsp3) is 0.0769. The molecule has 0 aliphatic heterocycles. The lowest BCUT2D eigenvalue weighted by atomic mass is 10.2. The van der Waals surface area contributed by atoms with Gasteiger partial charge < -0.3 is 5.21 Å². The summed E-state index contributed by atoms with van der Waals surface area (Å²) in [5, 5.41) is 15.3. The first kappa shape index (κ1) is 14.9. The molecule has 2 rings (SSSR count). The number of hydrogen-bond acceptors (Lipinski definition) is 4. The summed E-state index contributed by atoms with van der Waals surface area (Å²) >= 11 is 0. The van der Waals surface area contributed by atoms with Crippen molar-refractivity contribution < 1.29 is 17.8 Å². The van der Waals surface area contributed by atoms with Crippen LogP contribution in [0.4, 0.5) is 11.4 Å². The molecule has 2 aromatic carbocycles. The molecular formula is C13H13N3O4S. The molecule has 0 aliphatic carbocycles. The second-order valence-corrected chi connectivity index (χ2v) is 5.74. The van der Waals surface area contributed by atoms with Gasteiger partial charge in [0.2, 0.25) is 0 Å². The number of anilines is 1. The van der Waals surface area contributed by atoms with E-state index >= 15 is 0 Å². The number of nitrogens with one attached hydrogen (secondary N) is 1. The van der Waals surface area contributed by atoms with E-state index in [9.17, 15) is 13.6 Å². The molecule has 8 heteroatoms. The van der Waals surface area contributed by atoms with Crippen molar-refractivity contribution in [3.8, 4) is 0 Å². The van der Waals surface area contributed by atoms with E-state index in [-0.39, 0.29) is 4.90 Å². The van der Waals surface area contributed by atoms with Crippen LogP contribution in [0.25, 0.3) is 0 Å². The predicted octanol–water partition coefficient (Wildman–Crippen LogP) is 2.86. The molecule has 0 bridgehead atoms. The minimum atomic E-state index is -4.23. The summed E-state index contributed by atoms with van der Waals surface area (Å²) in [5.41, 5.74) is 4.30. The van der Waals surface area contributed by atoms with Gasteiger partial charge in [-0.2, -0.15) is 8.42 Å². The van der Waals surface area contributed by atoms with Gasteiger partial charge in [-0.25, -0.2) is 0 Å². The molecule has 0 saturated carbocycles. The lowest BCUT2D eigenvalue weighted by Crippen LogP contribution is -2.00. The van der Waals surface area contributed by atoms with Crippen LogP contribution in [0, 0.1) is 12.1 Å². The fourth-order valence-corrected chi connectivity index (χ4v) is 2.01. The Labute approximate surface area is 121 Å². The van der Waals surface area contributed by atoms with Crippen molar-refractivity contribution in [2.75, 3.05) is 5.43 Å². The zero-order valence-electron chi connectivity index (χ0n) is 11.1. The topological polar surface area (TPSA) is 105 Å². The van der Waals surface area contributed by atoms with Crippen LogP contribution in [-0.4, -0.2) is 17.8 Å². The first-order valence-electron chi connectivity index (χ1n) is 5.94. The zero-order valence-corrected chi connectivity index (χ0v) is 11.9. The largest absolute Gasteiger partial charge is 0.691 e. The highest BCUT2D eigenvalue weighted by molar-refractivity contribution is 7.85. The zero-order chi connectivity index (χ0) is 15.5. The van der Waals surface area contributed by atoms with Crippen LogP contribution in [0.1, 0.15) is 5.56 Å². The molecule has 0 unspecified atom stereocenters. The molecule has 0 radical (unpaired) electrons. The molecule has 2 N–H and O–H groups in total. The molecule has 0 amide bonds. The molecule has 0 saturated heterocycles. The lowest BCUT2D eigenvalue weighted by molar-refractivity contribution is -0.439. The molecule has 0 aliphatic rings. The molecule has 110 valence electrons. The van der Waals surface area contributed by atoms with E-state index in [0.717, 1.165) is 5.56 Å². The SMILES string of the molecule is Cc1ccc([N+]([O-])=NNc2ccc(S(=O)(=O)O)cc2)cc1. The van der Waals surface area contributed by atoms with Crippen LogP contribution in [0.5, 0.6) is 0 Å². The first-order valence-corrected chi connectivity index (χ1v) is 7.38. The molecule has 0 aromatic heterocycles. The lowest BCUT2D eigenvalue weighted by Gasteiger charge is -2.05. The third kappa shape index (κ3) is 4.01. The third-order valence-electron chi connectivity index (χ3n) is 2.68. The normalized spacial score (nSPS) is 12.2. The van der Waals surface area contributed by atoms with Gasteiger partial charge in [-0.15, -0.1) is 10.3 Å². The average Bonchev–Trinajstić information content (AvgIpc) is 2.45. The monoisotopic (exact) mass is 307 g/mol. The van der Waals surface area contributed by atoms with Crippen LogP contribution in [0.15, 0.2) is 58.6 Å². The van der Waals surface area contributed by atoms with E-state index in [1.165, 1.54) is 24.3 Å². The van der Waals surface area contributed by atoms with Gasteiger partial charge in [0.15, 0.2) is 5.69 Å². The van der Waals surface area contributed by atoms with Crippen molar-refractivity contribution in [3.05, 3.63) is 59.3 Å². The van der Waals surface area contributed by atoms with Gasteiger partial charge in [-0.3, -0.25) is 4.55 Å². The summed E-state index contributed by atoms with van der Waals surface area (Å²) in [6, 6.07) is 12.0. The summed E-state index contributed by atoms with van der Waals surface area (Å²) in [6.45, 7) is 1.91. The standard InChI is InChI=1S/C13H13N3O4S/c1-10-2-6-12(7-3-10)16(17)15-14-11-4-8-13(9-5-11)21(18,19)20/h2-9,14H,1H3,(H,18,19,20). The molecule has 0 fully saturated rings. The minimum Gasteiger partial charge on any atom is -0.691 e. The Balaban J connectivity index is 2.11. The number of nitrogens with zero attached hydrogens (tertiary/aromatic N) is 2. The first-order chi connectivity index (χ1) is 9.86. The van der Waals surface area contributed by atoms with Gasteiger partial charge in [-0.05, 0) is 43.3 Å². The summed E-state index contributed by atoms with van der Waals surface area (Å²) in [6.07, 6.45) is 0. The van der Waals surface area contributed by atoms with E-state index in [1.807, 2.05) is 6.92 Å². The maximum Gasteiger partial charge on any atom is 0.294 e. The molecule has 0 spiro atoms. The van der Waals surface area contributed by atoms with Crippen molar-refractivity contribution in [2.45, 2.75) is 11.8 Å². The van der Waals surface area contributed by atoms with Crippen LogP contribution < -0.4 is 5.43 Å². The maximum atomic E-state index is 11.7. The third-order valence-corrected chi connectivity index (χ3v) is 3.54. The van der Waals surface area contributed by atoms with E-state index in [4.69, 9.17) is 4.55 Å². The van der Waals surface area contributed by atoms with Crippen molar-refractivity contribution in [2.24, 2.45) is 5.22 Å². The summed E-state index contributed by atoms with van der Waals surface area (Å²) in [7, 11) is -4.23. The Bertz CT molecular complexity index is 753. The van der Waals surface area contributed by atoms with Gasteiger partial charge in [0.05, 0.1) is 10.1 Å². The average molecular weight is 307 g/mol. The summed E-state index contributed by atoms with van der Waals surface area (Å²) in [4.78, 5) is 0.182. The molecular weight excluding hydrogens is 294 g/mol. The Morgan fingerprint density at radius 2 is 1.67 bits per heavy atom. The van der Waals surface area contributed by atoms with E-state index in [2.05, 4.69) is 10.6 Å². The number of hydrogen-bond donors (Lipinski definition) is 2. The van der Waals surface area contributed by atoms with Crippen molar-refractivity contribution in [1.29, 1.82) is 0 Å². The van der Waals surface area contributed by atoms with Gasteiger partial charge in [0.25, 0.3) is 10.1 Å². The van der Waals surface area contributed by atoms with Crippen LogP contribution in [0.3, 0.4) is 0 Å². The molecule has 2 aromatic rings. The van der Waals surface area contributed by atoms with Crippen molar-refractivity contribution in [1.82, 2.24) is 0 Å². The predicted molar refractivity (Wildman–Crippen MR) is 76.8 cm³/mol. The Kier molecular flexibility index (Phi) is 4.20. The second kappa shape index (κ2) is 5.90. The van der Waals surface area contributed by atoms with E-state index in [1.54, 1.807) is 24.3 Å². The molecule has 0 heterocycles.